The van der Waals surface area contributed by atoms with E-state index in [0.717, 1.165) is 19.3 Å². The van der Waals surface area contributed by atoms with Crippen LogP contribution in [0.5, 0.6) is 0 Å². The maximum Gasteiger partial charge on any atom is 0.304 e. The summed E-state index contributed by atoms with van der Waals surface area (Å²) in [7, 11) is 1.66. The van der Waals surface area contributed by atoms with Gasteiger partial charge in [0.25, 0.3) is 0 Å². The Morgan fingerprint density at radius 3 is 2.50 bits per heavy atom. The van der Waals surface area contributed by atoms with Gasteiger partial charge in [-0.3, -0.25) is 4.79 Å². The van der Waals surface area contributed by atoms with Gasteiger partial charge in [-0.05, 0) is 19.3 Å². The molecule has 1 unspecified atom stereocenters. The first-order chi connectivity index (χ1) is 5.64. The smallest absolute Gasteiger partial charge is 0.304 e. The summed E-state index contributed by atoms with van der Waals surface area (Å²) < 4.78 is 5.26. The van der Waals surface area contributed by atoms with Crippen molar-refractivity contribution in [3.8, 4) is 0 Å². The van der Waals surface area contributed by atoms with E-state index in [1.165, 1.54) is 0 Å². The highest BCUT2D eigenvalue weighted by Crippen LogP contribution is 2.53. The van der Waals surface area contributed by atoms with E-state index >= 15 is 0 Å². The molecule has 0 amide bonds. The standard InChI is InChI=1S/C9H16O3/c1-3-7(12-2)9(4-5-9)6-8(10)11/h7H,3-6H2,1-2H3,(H,10,11). The third kappa shape index (κ3) is 1.78. The Bertz CT molecular complexity index is 169. The van der Waals surface area contributed by atoms with Gasteiger partial charge in [0.05, 0.1) is 12.5 Å². The number of ether oxygens (including phenoxy) is 1. The second kappa shape index (κ2) is 3.44. The number of aliphatic carboxylic acids is 1. The fourth-order valence-corrected chi connectivity index (χ4v) is 1.92. The van der Waals surface area contributed by atoms with Gasteiger partial charge in [0.1, 0.15) is 0 Å². The number of hydrogen-bond donors (Lipinski definition) is 1. The average Bonchev–Trinajstić information content (AvgIpc) is 2.70. The van der Waals surface area contributed by atoms with E-state index in [1.54, 1.807) is 7.11 Å². The maximum atomic E-state index is 10.5. The minimum Gasteiger partial charge on any atom is -0.481 e. The highest BCUT2D eigenvalue weighted by Gasteiger charge is 2.50. The quantitative estimate of drug-likeness (QED) is 0.686. The number of carboxylic acids is 1. The van der Waals surface area contributed by atoms with Gasteiger partial charge in [0.15, 0.2) is 0 Å². The Morgan fingerprint density at radius 1 is 1.67 bits per heavy atom. The van der Waals surface area contributed by atoms with E-state index in [-0.39, 0.29) is 17.9 Å². The van der Waals surface area contributed by atoms with E-state index in [4.69, 9.17) is 9.84 Å². The van der Waals surface area contributed by atoms with Gasteiger partial charge in [0, 0.05) is 12.5 Å². The molecule has 3 nitrogen and oxygen atoms in total. The second-order valence-electron chi connectivity index (χ2n) is 3.57. The lowest BCUT2D eigenvalue weighted by Gasteiger charge is -2.22. The molecule has 0 aromatic heterocycles. The lowest BCUT2D eigenvalue weighted by atomic mass is 9.93. The average molecular weight is 172 g/mol. The van der Waals surface area contributed by atoms with Crippen molar-refractivity contribution in [2.75, 3.05) is 7.11 Å². The van der Waals surface area contributed by atoms with Crippen LogP contribution in [0.1, 0.15) is 32.6 Å². The van der Waals surface area contributed by atoms with E-state index < -0.39 is 5.97 Å². The van der Waals surface area contributed by atoms with Crippen LogP contribution >= 0.6 is 0 Å². The molecule has 1 aliphatic carbocycles. The molecule has 1 N–H and O–H groups in total. The van der Waals surface area contributed by atoms with E-state index in [9.17, 15) is 4.79 Å². The molecule has 0 aliphatic heterocycles. The highest BCUT2D eigenvalue weighted by atomic mass is 16.5. The molecule has 0 spiro atoms. The first kappa shape index (κ1) is 9.52. The molecule has 0 bridgehead atoms. The Balaban J connectivity index is 2.52. The molecule has 1 rings (SSSR count). The van der Waals surface area contributed by atoms with Crippen molar-refractivity contribution in [1.82, 2.24) is 0 Å². The van der Waals surface area contributed by atoms with Crippen LogP contribution in [0, 0.1) is 5.41 Å². The predicted molar refractivity (Wildman–Crippen MR) is 45.0 cm³/mol. The molecule has 0 radical (unpaired) electrons. The summed E-state index contributed by atoms with van der Waals surface area (Å²) >= 11 is 0. The first-order valence-corrected chi connectivity index (χ1v) is 4.39. The van der Waals surface area contributed by atoms with Gasteiger partial charge in [-0.2, -0.15) is 0 Å². The lowest BCUT2D eigenvalue weighted by Crippen LogP contribution is -2.26. The third-order valence-electron chi connectivity index (χ3n) is 2.73. The summed E-state index contributed by atoms with van der Waals surface area (Å²) in [4.78, 5) is 10.5. The zero-order chi connectivity index (χ0) is 9.19. The summed E-state index contributed by atoms with van der Waals surface area (Å²) in [6.45, 7) is 2.04. The Hall–Kier alpha value is -0.570. The minimum absolute atomic E-state index is 0.0324. The van der Waals surface area contributed by atoms with Crippen molar-refractivity contribution in [2.24, 2.45) is 5.41 Å². The molecule has 70 valence electrons. The number of methoxy groups -OCH3 is 1. The number of carboxylic acid groups (broad SMARTS) is 1. The van der Waals surface area contributed by atoms with Crippen molar-refractivity contribution in [3.63, 3.8) is 0 Å². The van der Waals surface area contributed by atoms with Crippen LogP contribution in [0.15, 0.2) is 0 Å². The molecule has 1 aliphatic rings. The molecule has 0 heterocycles. The highest BCUT2D eigenvalue weighted by molar-refractivity contribution is 5.68. The second-order valence-corrected chi connectivity index (χ2v) is 3.57. The van der Waals surface area contributed by atoms with Gasteiger partial charge in [-0.15, -0.1) is 0 Å². The molecule has 3 heteroatoms. The zero-order valence-electron chi connectivity index (χ0n) is 7.67. The van der Waals surface area contributed by atoms with Crippen molar-refractivity contribution >= 4 is 5.97 Å². The molecule has 1 atom stereocenters. The molecule has 0 aromatic rings. The van der Waals surface area contributed by atoms with Gasteiger partial charge in [0.2, 0.25) is 0 Å². The van der Waals surface area contributed by atoms with Crippen LogP contribution in [-0.2, 0) is 9.53 Å². The fourth-order valence-electron chi connectivity index (χ4n) is 1.92. The Morgan fingerprint density at radius 2 is 2.25 bits per heavy atom. The lowest BCUT2D eigenvalue weighted by molar-refractivity contribution is -0.140. The van der Waals surface area contributed by atoms with Crippen LogP contribution < -0.4 is 0 Å². The van der Waals surface area contributed by atoms with Crippen LogP contribution in [0.25, 0.3) is 0 Å². The van der Waals surface area contributed by atoms with Gasteiger partial charge < -0.3 is 9.84 Å². The third-order valence-corrected chi connectivity index (χ3v) is 2.73. The Kier molecular flexibility index (Phi) is 2.73. The van der Waals surface area contributed by atoms with Crippen LogP contribution in [-0.4, -0.2) is 24.3 Å². The van der Waals surface area contributed by atoms with E-state index in [1.807, 2.05) is 6.92 Å². The first-order valence-electron chi connectivity index (χ1n) is 4.39. The summed E-state index contributed by atoms with van der Waals surface area (Å²) in [5.74, 6) is -0.706. The monoisotopic (exact) mass is 172 g/mol. The van der Waals surface area contributed by atoms with Crippen LogP contribution in [0.2, 0.25) is 0 Å². The van der Waals surface area contributed by atoms with Crippen LogP contribution in [0.4, 0.5) is 0 Å². The summed E-state index contributed by atoms with van der Waals surface area (Å²) in [6, 6.07) is 0. The zero-order valence-corrected chi connectivity index (χ0v) is 7.67. The summed E-state index contributed by atoms with van der Waals surface area (Å²) in [5.41, 5.74) is -0.0324. The molecule has 1 saturated carbocycles. The fraction of sp³-hybridized carbons (Fsp3) is 0.889. The maximum absolute atomic E-state index is 10.5. The molecule has 1 fully saturated rings. The number of rotatable bonds is 5. The van der Waals surface area contributed by atoms with Crippen molar-refractivity contribution in [3.05, 3.63) is 0 Å². The summed E-state index contributed by atoms with van der Waals surface area (Å²) in [5, 5.41) is 8.67. The Labute approximate surface area is 72.7 Å². The normalized spacial score (nSPS) is 21.8. The van der Waals surface area contributed by atoms with E-state index in [2.05, 4.69) is 0 Å². The number of carbonyl (C=O) groups is 1. The molecular formula is C9H16O3. The van der Waals surface area contributed by atoms with Crippen molar-refractivity contribution in [2.45, 2.75) is 38.7 Å². The summed E-state index contributed by atoms with van der Waals surface area (Å²) in [6.07, 6.45) is 3.31. The SMILES string of the molecule is CCC(OC)C1(CC(=O)O)CC1. The predicted octanol–water partition coefficient (Wildman–Crippen LogP) is 1.67. The molecule has 0 aromatic carbocycles. The molecular weight excluding hydrogens is 156 g/mol. The topological polar surface area (TPSA) is 46.5 Å². The van der Waals surface area contributed by atoms with Crippen molar-refractivity contribution in [1.29, 1.82) is 0 Å². The number of hydrogen-bond acceptors (Lipinski definition) is 2. The van der Waals surface area contributed by atoms with Crippen LogP contribution in [0.3, 0.4) is 0 Å². The largest absolute Gasteiger partial charge is 0.481 e. The van der Waals surface area contributed by atoms with E-state index in [0.29, 0.717) is 0 Å². The van der Waals surface area contributed by atoms with Gasteiger partial charge >= 0.3 is 5.97 Å². The molecule has 0 saturated heterocycles. The molecule has 12 heavy (non-hydrogen) atoms. The van der Waals surface area contributed by atoms with Crippen molar-refractivity contribution < 1.29 is 14.6 Å². The van der Waals surface area contributed by atoms with Gasteiger partial charge in [-0.1, -0.05) is 6.92 Å². The minimum atomic E-state index is -0.706. The van der Waals surface area contributed by atoms with Gasteiger partial charge in [-0.25, -0.2) is 0 Å².